The molecule has 0 saturated carbocycles. The quantitative estimate of drug-likeness (QED) is 0.386. The third kappa shape index (κ3) is 5.27. The minimum absolute atomic E-state index is 0.135. The van der Waals surface area contributed by atoms with Crippen molar-refractivity contribution in [3.8, 4) is 0 Å². The molecule has 1 aliphatic heterocycles. The molecule has 1 aromatic heterocycles. The molecule has 1 atom stereocenters. The fraction of sp³-hybridized carbons (Fsp3) is 0.520. The molecule has 8 heteroatoms. The Labute approximate surface area is 198 Å². The topological polar surface area (TPSA) is 84.4 Å². The molecule has 0 radical (unpaired) electrons. The van der Waals surface area contributed by atoms with Crippen LogP contribution in [0.2, 0.25) is 0 Å². The number of aromatic nitrogens is 2. The van der Waals surface area contributed by atoms with Gasteiger partial charge in [-0.05, 0) is 82.3 Å². The van der Waals surface area contributed by atoms with Gasteiger partial charge in [-0.25, -0.2) is 0 Å². The van der Waals surface area contributed by atoms with E-state index in [1.54, 1.807) is 34.6 Å². The zero-order valence-electron chi connectivity index (χ0n) is 19.1. The van der Waals surface area contributed by atoms with E-state index in [4.69, 9.17) is 17.0 Å². The van der Waals surface area contributed by atoms with Gasteiger partial charge in [0.2, 0.25) is 0 Å². The molecular formula is C25H31N3O4S. The molecule has 2 aliphatic rings. The van der Waals surface area contributed by atoms with Gasteiger partial charge in [0.15, 0.2) is 4.77 Å². The maximum absolute atomic E-state index is 13.1. The summed E-state index contributed by atoms with van der Waals surface area (Å²) in [4.78, 5) is 43.2. The smallest absolute Gasteiger partial charge is 0.310 e. The summed E-state index contributed by atoms with van der Waals surface area (Å²) in [6.07, 6.45) is 9.25. The van der Waals surface area contributed by atoms with Gasteiger partial charge < -0.3 is 14.6 Å². The molecule has 4 rings (SSSR count). The molecule has 1 aliphatic carbocycles. The number of hydrogen-bond acceptors (Lipinski definition) is 5. The minimum Gasteiger partial charge on any atom is -0.466 e. The number of allylic oxidation sites excluding steroid dienone is 2. The van der Waals surface area contributed by atoms with Crippen LogP contribution in [0.4, 0.5) is 0 Å². The largest absolute Gasteiger partial charge is 0.466 e. The van der Waals surface area contributed by atoms with Crippen molar-refractivity contribution in [3.63, 3.8) is 0 Å². The maximum atomic E-state index is 13.1. The maximum Gasteiger partial charge on any atom is 0.310 e. The highest BCUT2D eigenvalue weighted by Gasteiger charge is 2.30. The number of piperidine rings is 1. The van der Waals surface area contributed by atoms with E-state index in [0.717, 1.165) is 32.1 Å². The van der Waals surface area contributed by atoms with Gasteiger partial charge in [-0.2, -0.15) is 0 Å². The first-order valence-electron chi connectivity index (χ1n) is 11.9. The lowest BCUT2D eigenvalue weighted by Gasteiger charge is -2.31. The van der Waals surface area contributed by atoms with Crippen LogP contribution < -0.4 is 5.56 Å². The minimum atomic E-state index is -0.291. The van der Waals surface area contributed by atoms with Gasteiger partial charge in [-0.1, -0.05) is 11.6 Å². The lowest BCUT2D eigenvalue weighted by molar-refractivity contribution is -0.149. The fourth-order valence-corrected chi connectivity index (χ4v) is 5.06. The molecule has 1 N–H and O–H groups in total. The number of fused-ring (bicyclic) bond motifs is 1. The number of likely N-dealkylation sites (tertiary alicyclic amines) is 1. The number of nitrogens with zero attached hydrogens (tertiary/aromatic N) is 2. The Morgan fingerprint density at radius 1 is 1.24 bits per heavy atom. The number of hydrogen-bond donors (Lipinski definition) is 1. The second-order valence-corrected chi connectivity index (χ2v) is 9.23. The van der Waals surface area contributed by atoms with Crippen molar-refractivity contribution < 1.29 is 14.3 Å². The molecule has 176 valence electrons. The number of benzene rings is 1. The summed E-state index contributed by atoms with van der Waals surface area (Å²) in [5, 5.41) is 0.515. The molecular weight excluding hydrogens is 438 g/mol. The van der Waals surface area contributed by atoms with Crippen LogP contribution in [0.25, 0.3) is 10.9 Å². The van der Waals surface area contributed by atoms with E-state index in [2.05, 4.69) is 11.1 Å². The number of ether oxygens (including phenoxy) is 1. The van der Waals surface area contributed by atoms with E-state index in [-0.39, 0.29) is 23.4 Å². The summed E-state index contributed by atoms with van der Waals surface area (Å²) in [7, 11) is 0. The Bertz CT molecular complexity index is 1200. The van der Waals surface area contributed by atoms with Gasteiger partial charge >= 0.3 is 5.97 Å². The Kier molecular flexibility index (Phi) is 7.42. The molecule has 7 nitrogen and oxygen atoms in total. The second kappa shape index (κ2) is 10.5. The molecule has 0 spiro atoms. The SMILES string of the molecule is CCOC(=O)[C@@H]1CCCN(C(=O)c2ccc3c(=O)n(CCC4=CCCCC4)c(=S)[nH]c3c2)C1. The van der Waals surface area contributed by atoms with Crippen LogP contribution in [0.1, 0.15) is 62.2 Å². The van der Waals surface area contributed by atoms with Crippen molar-refractivity contribution in [1.29, 1.82) is 0 Å². The summed E-state index contributed by atoms with van der Waals surface area (Å²) in [6, 6.07) is 5.07. The van der Waals surface area contributed by atoms with Gasteiger partial charge in [-0.15, -0.1) is 0 Å². The van der Waals surface area contributed by atoms with E-state index in [9.17, 15) is 14.4 Å². The number of H-pyrrole nitrogens is 1. The third-order valence-corrected chi connectivity index (χ3v) is 6.92. The predicted molar refractivity (Wildman–Crippen MR) is 130 cm³/mol. The van der Waals surface area contributed by atoms with E-state index in [0.29, 0.717) is 47.5 Å². The summed E-state index contributed by atoms with van der Waals surface area (Å²) in [6.45, 7) is 3.62. The second-order valence-electron chi connectivity index (χ2n) is 8.85. The average Bonchev–Trinajstić information content (AvgIpc) is 2.84. The predicted octanol–water partition coefficient (Wildman–Crippen LogP) is 4.36. The number of aromatic amines is 1. The van der Waals surface area contributed by atoms with Gasteiger partial charge in [0.25, 0.3) is 11.5 Å². The molecule has 0 unspecified atom stereocenters. The van der Waals surface area contributed by atoms with Gasteiger partial charge in [0, 0.05) is 25.2 Å². The lowest BCUT2D eigenvalue weighted by Crippen LogP contribution is -2.42. The molecule has 0 bridgehead atoms. The molecule has 2 heterocycles. The van der Waals surface area contributed by atoms with Gasteiger partial charge in [0.1, 0.15) is 0 Å². The average molecular weight is 470 g/mol. The Balaban J connectivity index is 1.53. The zero-order chi connectivity index (χ0) is 23.4. The molecule has 33 heavy (non-hydrogen) atoms. The van der Waals surface area contributed by atoms with Crippen LogP contribution in [0.5, 0.6) is 0 Å². The molecule has 1 fully saturated rings. The van der Waals surface area contributed by atoms with Crippen molar-refractivity contribution in [1.82, 2.24) is 14.5 Å². The highest BCUT2D eigenvalue weighted by molar-refractivity contribution is 7.71. The van der Waals surface area contributed by atoms with Crippen molar-refractivity contribution in [2.75, 3.05) is 19.7 Å². The van der Waals surface area contributed by atoms with Crippen LogP contribution >= 0.6 is 12.2 Å². The van der Waals surface area contributed by atoms with Gasteiger partial charge in [0.05, 0.1) is 23.4 Å². The Morgan fingerprint density at radius 3 is 2.85 bits per heavy atom. The van der Waals surface area contributed by atoms with Crippen molar-refractivity contribution in [3.05, 3.63) is 50.5 Å². The normalized spacial score (nSPS) is 18.8. The fourth-order valence-electron chi connectivity index (χ4n) is 4.77. The first kappa shape index (κ1) is 23.4. The number of amides is 1. The van der Waals surface area contributed by atoms with Crippen molar-refractivity contribution in [2.24, 2.45) is 5.92 Å². The van der Waals surface area contributed by atoms with Crippen LogP contribution in [0.3, 0.4) is 0 Å². The summed E-state index contributed by atoms with van der Waals surface area (Å²) >= 11 is 5.48. The number of rotatable bonds is 6. The summed E-state index contributed by atoms with van der Waals surface area (Å²) < 4.78 is 7.12. The van der Waals surface area contributed by atoms with Crippen molar-refractivity contribution in [2.45, 2.75) is 58.4 Å². The molecule has 2 aromatic rings. The van der Waals surface area contributed by atoms with E-state index < -0.39 is 0 Å². The summed E-state index contributed by atoms with van der Waals surface area (Å²) in [5.74, 6) is -0.693. The van der Waals surface area contributed by atoms with E-state index in [1.807, 2.05) is 0 Å². The Hall–Kier alpha value is -2.74. The van der Waals surface area contributed by atoms with Crippen LogP contribution in [0.15, 0.2) is 34.6 Å². The number of nitrogens with one attached hydrogen (secondary N) is 1. The third-order valence-electron chi connectivity index (χ3n) is 6.60. The van der Waals surface area contributed by atoms with Crippen molar-refractivity contribution >= 4 is 35.0 Å². The first-order chi connectivity index (χ1) is 16.0. The van der Waals surface area contributed by atoms with E-state index in [1.165, 1.54) is 18.4 Å². The highest BCUT2D eigenvalue weighted by atomic mass is 32.1. The summed E-state index contributed by atoms with van der Waals surface area (Å²) in [5.41, 5.74) is 2.29. The Morgan fingerprint density at radius 2 is 2.09 bits per heavy atom. The monoisotopic (exact) mass is 469 g/mol. The van der Waals surface area contributed by atoms with Crippen LogP contribution in [-0.2, 0) is 16.1 Å². The standard InChI is InChI=1S/C25H31N3O4S/c1-2-32-24(31)19-9-6-13-27(16-19)22(29)18-10-11-20-21(15-18)26-25(33)28(23(20)30)14-12-17-7-4-3-5-8-17/h7,10-11,15,19H,2-6,8-9,12-14,16H2,1H3,(H,26,33)/t19-/m1/s1. The highest BCUT2D eigenvalue weighted by Crippen LogP contribution is 2.22. The molecule has 1 amide bonds. The zero-order valence-corrected chi connectivity index (χ0v) is 19.9. The molecule has 1 aromatic carbocycles. The number of esters is 1. The lowest BCUT2D eigenvalue weighted by atomic mass is 9.97. The first-order valence-corrected chi connectivity index (χ1v) is 12.3. The number of carbonyl (C=O) groups excluding carboxylic acids is 2. The number of carbonyl (C=O) groups is 2. The van der Waals surface area contributed by atoms with Crippen LogP contribution in [-0.4, -0.2) is 46.0 Å². The van der Waals surface area contributed by atoms with Crippen LogP contribution in [0, 0.1) is 10.7 Å². The van der Waals surface area contributed by atoms with E-state index >= 15 is 0 Å². The molecule has 1 saturated heterocycles. The van der Waals surface area contributed by atoms with Gasteiger partial charge in [-0.3, -0.25) is 19.0 Å².